The van der Waals surface area contributed by atoms with Crippen molar-refractivity contribution in [2.75, 3.05) is 20.3 Å². The van der Waals surface area contributed by atoms with Crippen molar-refractivity contribution in [2.45, 2.75) is 50.6 Å². The van der Waals surface area contributed by atoms with Crippen LogP contribution in [0.4, 0.5) is 0 Å². The maximum atomic E-state index is 11.3. The number of ether oxygens (including phenoxy) is 1. The van der Waals surface area contributed by atoms with Crippen LogP contribution >= 0.6 is 0 Å². The molecule has 4 unspecified atom stereocenters. The van der Waals surface area contributed by atoms with Crippen LogP contribution in [0.5, 0.6) is 0 Å². The number of likely N-dealkylation sites (N-methyl/N-ethyl adjacent to an activating group) is 1. The molecule has 1 heterocycles. The average molecular weight is 267 g/mol. The number of carboxylic acids is 1. The maximum absolute atomic E-state index is 11.3. The normalized spacial score (nSPS) is 39.7. The van der Waals surface area contributed by atoms with Gasteiger partial charge in [-0.3, -0.25) is 9.69 Å². The molecular formula is C15H25NO3. The summed E-state index contributed by atoms with van der Waals surface area (Å²) >= 11 is 0. The van der Waals surface area contributed by atoms with E-state index in [1.165, 1.54) is 38.5 Å². The number of aliphatic carboxylic acids is 1. The summed E-state index contributed by atoms with van der Waals surface area (Å²) in [5.74, 6) is 0.827. The number of hydrogen-bond acceptors (Lipinski definition) is 3. The number of rotatable bonds is 4. The molecular weight excluding hydrogens is 242 g/mol. The molecule has 19 heavy (non-hydrogen) atoms. The minimum Gasteiger partial charge on any atom is -0.481 e. The highest BCUT2D eigenvalue weighted by Gasteiger charge is 2.41. The van der Waals surface area contributed by atoms with Crippen molar-refractivity contribution in [2.24, 2.45) is 17.8 Å². The molecule has 4 heteroatoms. The van der Waals surface area contributed by atoms with Crippen LogP contribution < -0.4 is 0 Å². The summed E-state index contributed by atoms with van der Waals surface area (Å²) in [6.07, 6.45) is 8.03. The van der Waals surface area contributed by atoms with Crippen LogP contribution in [0.2, 0.25) is 0 Å². The topological polar surface area (TPSA) is 49.8 Å². The van der Waals surface area contributed by atoms with E-state index in [1.807, 2.05) is 0 Å². The van der Waals surface area contributed by atoms with Gasteiger partial charge in [0.25, 0.3) is 0 Å². The minimum absolute atomic E-state index is 0.0699. The second-order valence-electron chi connectivity index (χ2n) is 6.63. The lowest BCUT2D eigenvalue weighted by atomic mass is 9.81. The molecule has 1 saturated heterocycles. The predicted octanol–water partition coefficient (Wildman–Crippen LogP) is 1.99. The van der Waals surface area contributed by atoms with E-state index in [-0.39, 0.29) is 12.0 Å². The monoisotopic (exact) mass is 267 g/mol. The average Bonchev–Trinajstić information content (AvgIpc) is 3.15. The molecule has 0 aromatic rings. The van der Waals surface area contributed by atoms with E-state index >= 15 is 0 Å². The van der Waals surface area contributed by atoms with Crippen molar-refractivity contribution in [1.82, 2.24) is 4.90 Å². The highest BCUT2D eigenvalue weighted by molar-refractivity contribution is 5.71. The Morgan fingerprint density at radius 3 is 2.63 bits per heavy atom. The van der Waals surface area contributed by atoms with Gasteiger partial charge in [0.05, 0.1) is 19.1 Å². The van der Waals surface area contributed by atoms with Gasteiger partial charge in [-0.05, 0) is 44.6 Å². The third-order valence-corrected chi connectivity index (χ3v) is 5.44. The van der Waals surface area contributed by atoms with Crippen LogP contribution in [0.15, 0.2) is 0 Å². The Hall–Kier alpha value is -0.610. The lowest BCUT2D eigenvalue weighted by Crippen LogP contribution is -2.48. The standard InChI is InChI=1S/C15H25NO3/c1-16(14-9-19-8-13(14)15(17)18)12-4-2-3-11(7-12)10-5-6-10/h10-14H,2-9H2,1H3,(H,17,18). The van der Waals surface area contributed by atoms with Crippen molar-refractivity contribution in [1.29, 1.82) is 0 Å². The van der Waals surface area contributed by atoms with E-state index < -0.39 is 5.97 Å². The van der Waals surface area contributed by atoms with Gasteiger partial charge in [-0.25, -0.2) is 0 Å². The van der Waals surface area contributed by atoms with Crippen LogP contribution in [-0.4, -0.2) is 48.3 Å². The Kier molecular flexibility index (Phi) is 3.81. The summed E-state index contributed by atoms with van der Waals surface area (Å²) in [5.41, 5.74) is 0. The van der Waals surface area contributed by atoms with E-state index in [0.29, 0.717) is 19.3 Å². The highest BCUT2D eigenvalue weighted by Crippen LogP contribution is 2.45. The minimum atomic E-state index is -0.705. The zero-order valence-electron chi connectivity index (χ0n) is 11.8. The lowest BCUT2D eigenvalue weighted by molar-refractivity contribution is -0.143. The van der Waals surface area contributed by atoms with Gasteiger partial charge in [0.1, 0.15) is 0 Å². The van der Waals surface area contributed by atoms with Crippen molar-refractivity contribution >= 4 is 5.97 Å². The van der Waals surface area contributed by atoms with Gasteiger partial charge in [0.15, 0.2) is 0 Å². The molecule has 0 spiro atoms. The van der Waals surface area contributed by atoms with Crippen molar-refractivity contribution in [3.63, 3.8) is 0 Å². The van der Waals surface area contributed by atoms with Crippen molar-refractivity contribution in [3.05, 3.63) is 0 Å². The number of carboxylic acid groups (broad SMARTS) is 1. The lowest BCUT2D eigenvalue weighted by Gasteiger charge is -2.39. The van der Waals surface area contributed by atoms with E-state index in [9.17, 15) is 9.90 Å². The summed E-state index contributed by atoms with van der Waals surface area (Å²) in [4.78, 5) is 13.6. The van der Waals surface area contributed by atoms with E-state index in [4.69, 9.17) is 4.74 Å². The summed E-state index contributed by atoms with van der Waals surface area (Å²) < 4.78 is 5.41. The molecule has 0 aromatic heterocycles. The quantitative estimate of drug-likeness (QED) is 0.846. The van der Waals surface area contributed by atoms with Crippen LogP contribution in [0.25, 0.3) is 0 Å². The first kappa shape index (κ1) is 13.4. The maximum Gasteiger partial charge on any atom is 0.310 e. The number of nitrogens with zero attached hydrogens (tertiary/aromatic N) is 1. The number of hydrogen-bond donors (Lipinski definition) is 1. The van der Waals surface area contributed by atoms with E-state index in [1.54, 1.807) is 0 Å². The Morgan fingerprint density at radius 1 is 1.16 bits per heavy atom. The van der Waals surface area contributed by atoms with E-state index in [2.05, 4.69) is 11.9 Å². The van der Waals surface area contributed by atoms with Crippen LogP contribution in [0.3, 0.4) is 0 Å². The Bertz CT molecular complexity index is 342. The Balaban J connectivity index is 1.62. The molecule has 4 nitrogen and oxygen atoms in total. The largest absolute Gasteiger partial charge is 0.481 e. The smallest absolute Gasteiger partial charge is 0.310 e. The zero-order chi connectivity index (χ0) is 13.4. The third kappa shape index (κ3) is 2.79. The molecule has 2 saturated carbocycles. The molecule has 3 aliphatic rings. The SMILES string of the molecule is CN(C1CCCC(C2CC2)C1)C1COCC1C(=O)O. The van der Waals surface area contributed by atoms with Gasteiger partial charge in [0, 0.05) is 12.1 Å². The van der Waals surface area contributed by atoms with Crippen LogP contribution in [0, 0.1) is 17.8 Å². The fraction of sp³-hybridized carbons (Fsp3) is 0.933. The van der Waals surface area contributed by atoms with Gasteiger partial charge in [-0.15, -0.1) is 0 Å². The number of carbonyl (C=O) groups is 1. The first-order chi connectivity index (χ1) is 9.16. The molecule has 0 aromatic carbocycles. The molecule has 4 atom stereocenters. The fourth-order valence-electron chi connectivity index (χ4n) is 4.02. The van der Waals surface area contributed by atoms with Gasteiger partial charge in [0.2, 0.25) is 0 Å². The van der Waals surface area contributed by atoms with Crippen molar-refractivity contribution < 1.29 is 14.6 Å². The first-order valence-electron chi connectivity index (χ1n) is 7.69. The summed E-state index contributed by atoms with van der Waals surface area (Å²) in [7, 11) is 2.11. The summed E-state index contributed by atoms with van der Waals surface area (Å²) in [6.45, 7) is 0.959. The van der Waals surface area contributed by atoms with Gasteiger partial charge >= 0.3 is 5.97 Å². The second kappa shape index (κ2) is 5.41. The predicted molar refractivity (Wildman–Crippen MR) is 72.0 cm³/mol. The van der Waals surface area contributed by atoms with Gasteiger partial charge in [-0.1, -0.05) is 12.8 Å². The molecule has 0 bridgehead atoms. The van der Waals surface area contributed by atoms with Crippen LogP contribution in [-0.2, 0) is 9.53 Å². The molecule has 0 amide bonds. The molecule has 2 aliphatic carbocycles. The summed E-state index contributed by atoms with van der Waals surface area (Å²) in [6, 6.07) is 0.633. The van der Waals surface area contributed by atoms with Gasteiger partial charge in [-0.2, -0.15) is 0 Å². The molecule has 0 radical (unpaired) electrons. The zero-order valence-corrected chi connectivity index (χ0v) is 11.8. The molecule has 108 valence electrons. The first-order valence-corrected chi connectivity index (χ1v) is 7.69. The molecule has 1 N–H and O–H groups in total. The Morgan fingerprint density at radius 2 is 1.95 bits per heavy atom. The molecule has 1 aliphatic heterocycles. The Labute approximate surface area is 115 Å². The second-order valence-corrected chi connectivity index (χ2v) is 6.63. The molecule has 3 fully saturated rings. The highest BCUT2D eigenvalue weighted by atomic mass is 16.5. The van der Waals surface area contributed by atoms with Crippen molar-refractivity contribution in [3.8, 4) is 0 Å². The third-order valence-electron chi connectivity index (χ3n) is 5.44. The van der Waals surface area contributed by atoms with E-state index in [0.717, 1.165) is 11.8 Å². The van der Waals surface area contributed by atoms with Crippen LogP contribution in [0.1, 0.15) is 38.5 Å². The summed E-state index contributed by atoms with van der Waals surface area (Å²) in [5, 5.41) is 9.27. The molecule has 3 rings (SSSR count). The fourth-order valence-corrected chi connectivity index (χ4v) is 4.02. The van der Waals surface area contributed by atoms with Gasteiger partial charge < -0.3 is 9.84 Å².